The molecule has 274 valence electrons. The molecule has 0 aromatic rings. The van der Waals surface area contributed by atoms with Crippen molar-refractivity contribution < 1.29 is 34.3 Å². The molecule has 1 aliphatic carbocycles. The van der Waals surface area contributed by atoms with Crippen molar-refractivity contribution in [2.24, 2.45) is 16.5 Å². The molecule has 0 radical (unpaired) electrons. The highest BCUT2D eigenvalue weighted by Crippen LogP contribution is 2.32. The van der Waals surface area contributed by atoms with Gasteiger partial charge in [0.15, 0.2) is 6.29 Å². The molecule has 2 heterocycles. The van der Waals surface area contributed by atoms with E-state index in [0.29, 0.717) is 31.7 Å². The van der Waals surface area contributed by atoms with E-state index in [2.05, 4.69) is 55.5 Å². The first-order valence-electron chi connectivity index (χ1n) is 17.5. The quantitative estimate of drug-likeness (QED) is 0.0939. The van der Waals surface area contributed by atoms with Gasteiger partial charge in [0.1, 0.15) is 35.8 Å². The van der Waals surface area contributed by atoms with E-state index in [4.69, 9.17) is 30.4 Å². The fourth-order valence-electron chi connectivity index (χ4n) is 6.47. The fraction of sp³-hybridized carbons (Fsp3) is 0.750. The molecule has 1 saturated carbocycles. The van der Waals surface area contributed by atoms with E-state index in [-0.39, 0.29) is 12.6 Å². The van der Waals surface area contributed by atoms with Crippen LogP contribution in [0.2, 0.25) is 0 Å². The van der Waals surface area contributed by atoms with Crippen molar-refractivity contribution in [3.8, 4) is 0 Å². The molecule has 0 bridgehead atoms. The Kier molecular flexibility index (Phi) is 16.4. The summed E-state index contributed by atoms with van der Waals surface area (Å²) in [5.74, 6) is 0.639. The number of aliphatic hydroxyl groups excluding tert-OH is 2. The van der Waals surface area contributed by atoms with Crippen LogP contribution in [0.1, 0.15) is 80.1 Å². The number of ether oxygens (including phenoxy) is 4. The van der Waals surface area contributed by atoms with Crippen LogP contribution in [0.4, 0.5) is 0 Å². The highest BCUT2D eigenvalue weighted by molar-refractivity contribution is 5.72. The van der Waals surface area contributed by atoms with Crippen molar-refractivity contribution in [3.63, 3.8) is 0 Å². The Hall–Kier alpha value is -1.97. The molecule has 2 fully saturated rings. The normalized spacial score (nSPS) is 36.5. The minimum Gasteiger partial charge on any atom is -0.466 e. The van der Waals surface area contributed by atoms with Gasteiger partial charge in [0.05, 0.1) is 25.2 Å². The Labute approximate surface area is 287 Å². The zero-order chi connectivity index (χ0) is 35.4. The number of hydrogen-bond acceptors (Lipinski definition) is 12. The van der Waals surface area contributed by atoms with Crippen molar-refractivity contribution in [2.45, 2.75) is 147 Å². The predicted octanol–water partition coefficient (Wildman–Crippen LogP) is 2.33. The van der Waals surface area contributed by atoms with Gasteiger partial charge < -0.3 is 56.4 Å². The van der Waals surface area contributed by atoms with E-state index >= 15 is 0 Å². The van der Waals surface area contributed by atoms with E-state index in [0.717, 1.165) is 25.7 Å². The molecule has 0 aromatic carbocycles. The molecule has 9 N–H and O–H groups in total. The van der Waals surface area contributed by atoms with Crippen LogP contribution in [0.3, 0.4) is 0 Å². The van der Waals surface area contributed by atoms with Crippen molar-refractivity contribution in [3.05, 3.63) is 46.8 Å². The lowest BCUT2D eigenvalue weighted by Crippen LogP contribution is -2.69. The highest BCUT2D eigenvalue weighted by Gasteiger charge is 2.51. The summed E-state index contributed by atoms with van der Waals surface area (Å²) in [7, 11) is 1.65. The Morgan fingerprint density at radius 2 is 1.71 bits per heavy atom. The van der Waals surface area contributed by atoms with Gasteiger partial charge in [-0.1, -0.05) is 35.8 Å². The lowest BCUT2D eigenvalue weighted by molar-refractivity contribution is -0.304. The summed E-state index contributed by atoms with van der Waals surface area (Å²) in [6.07, 6.45) is 9.48. The lowest BCUT2D eigenvalue weighted by atomic mass is 9.83. The SMILES string of the molecule is CCNC1CC(N)C(OC2OC(C/N=C/C=C(\C)CC/C=C(\C)CCC=C(C)C)=CCC2N)C(O)C1OC1OCC(C)(O)C(NC)C1O. The molecule has 12 heteroatoms. The van der Waals surface area contributed by atoms with Gasteiger partial charge in [-0.05, 0) is 98.9 Å². The van der Waals surface area contributed by atoms with Crippen molar-refractivity contribution >= 4 is 6.21 Å². The first kappa shape index (κ1) is 40.5. The summed E-state index contributed by atoms with van der Waals surface area (Å²) in [5.41, 5.74) is 15.7. The molecule has 0 amide bonds. The maximum Gasteiger partial charge on any atom is 0.215 e. The van der Waals surface area contributed by atoms with Crippen LogP contribution in [0, 0.1) is 0 Å². The van der Waals surface area contributed by atoms with Crippen LogP contribution in [0.25, 0.3) is 0 Å². The minimum atomic E-state index is -1.30. The molecule has 3 rings (SSSR count). The maximum absolute atomic E-state index is 11.6. The zero-order valence-corrected chi connectivity index (χ0v) is 30.1. The summed E-state index contributed by atoms with van der Waals surface area (Å²) in [6.45, 7) is 13.0. The Bertz CT molecular complexity index is 1150. The average Bonchev–Trinajstić information content (AvgIpc) is 3.01. The van der Waals surface area contributed by atoms with Gasteiger partial charge in [0, 0.05) is 18.3 Å². The second-order valence-corrected chi connectivity index (χ2v) is 14.0. The summed E-state index contributed by atoms with van der Waals surface area (Å²) < 4.78 is 24.4. The van der Waals surface area contributed by atoms with Gasteiger partial charge in [0.25, 0.3) is 0 Å². The summed E-state index contributed by atoms with van der Waals surface area (Å²) in [5, 5.41) is 39.5. The third-order valence-electron chi connectivity index (χ3n) is 9.28. The zero-order valence-electron chi connectivity index (χ0n) is 30.1. The van der Waals surface area contributed by atoms with Gasteiger partial charge in [0.2, 0.25) is 6.29 Å². The first-order chi connectivity index (χ1) is 22.8. The Balaban J connectivity index is 1.57. The summed E-state index contributed by atoms with van der Waals surface area (Å²) in [6, 6.07) is -2.04. The lowest BCUT2D eigenvalue weighted by Gasteiger charge is -2.49. The summed E-state index contributed by atoms with van der Waals surface area (Å²) >= 11 is 0. The van der Waals surface area contributed by atoms with Gasteiger partial charge in [-0.2, -0.15) is 0 Å². The topological polar surface area (TPSA) is 186 Å². The van der Waals surface area contributed by atoms with Gasteiger partial charge in [-0.15, -0.1) is 0 Å². The monoisotopic (exact) mass is 677 g/mol. The molecule has 2 aliphatic heterocycles. The molecule has 1 saturated heterocycles. The predicted molar refractivity (Wildman–Crippen MR) is 189 cm³/mol. The minimum absolute atomic E-state index is 0.0553. The van der Waals surface area contributed by atoms with E-state index in [9.17, 15) is 15.3 Å². The molecule has 3 aliphatic rings. The van der Waals surface area contributed by atoms with Crippen LogP contribution in [0.15, 0.2) is 51.8 Å². The number of nitrogens with two attached hydrogens (primary N) is 2. The largest absolute Gasteiger partial charge is 0.466 e. The van der Waals surface area contributed by atoms with Gasteiger partial charge in [-0.25, -0.2) is 0 Å². The Morgan fingerprint density at radius 3 is 2.40 bits per heavy atom. The summed E-state index contributed by atoms with van der Waals surface area (Å²) in [4.78, 5) is 4.53. The number of nitrogens with one attached hydrogen (secondary N) is 2. The number of aliphatic hydroxyl groups is 3. The van der Waals surface area contributed by atoms with Crippen LogP contribution >= 0.6 is 0 Å². The van der Waals surface area contributed by atoms with Crippen LogP contribution < -0.4 is 22.1 Å². The number of nitrogens with zero attached hydrogens (tertiary/aromatic N) is 1. The average molecular weight is 678 g/mol. The van der Waals surface area contributed by atoms with E-state index in [1.165, 1.54) is 16.7 Å². The molecular weight excluding hydrogens is 614 g/mol. The first-order valence-corrected chi connectivity index (χ1v) is 17.5. The van der Waals surface area contributed by atoms with Crippen LogP contribution in [0.5, 0.6) is 0 Å². The maximum atomic E-state index is 11.6. The highest BCUT2D eigenvalue weighted by atomic mass is 16.7. The smallest absolute Gasteiger partial charge is 0.215 e. The number of rotatable bonds is 16. The van der Waals surface area contributed by atoms with Crippen molar-refractivity contribution in [1.29, 1.82) is 0 Å². The van der Waals surface area contributed by atoms with E-state index in [1.54, 1.807) is 20.2 Å². The molecule has 0 spiro atoms. The third kappa shape index (κ3) is 11.8. The van der Waals surface area contributed by atoms with E-state index < -0.39 is 60.7 Å². The molecule has 11 atom stereocenters. The number of hydrogen-bond donors (Lipinski definition) is 7. The molecule has 11 unspecified atom stereocenters. The van der Waals surface area contributed by atoms with Gasteiger partial charge in [-0.3, -0.25) is 4.99 Å². The second-order valence-electron chi connectivity index (χ2n) is 14.0. The van der Waals surface area contributed by atoms with Crippen molar-refractivity contribution in [1.82, 2.24) is 10.6 Å². The Morgan fingerprint density at radius 1 is 1.02 bits per heavy atom. The standard InChI is InChI=1S/C36H63N5O7/c1-8-41-28-19-27(38)31(29(42)32(28)48-35-30(43)33(39-7)36(6,44)21-45-35)47-34-26(37)16-15-25(46-34)20-40-18-17-24(5)14-10-13-23(4)12-9-11-22(2)3/h11,13,15,17-18,26-35,39,41-44H,8-10,12,14,16,19-21,37-38H2,1-7H3/b23-13+,24-17+,40-18+. The third-order valence-corrected chi connectivity index (χ3v) is 9.28. The van der Waals surface area contributed by atoms with Crippen LogP contribution in [-0.2, 0) is 18.9 Å². The number of allylic oxidation sites excluding steroid dienone is 6. The molecule has 48 heavy (non-hydrogen) atoms. The van der Waals surface area contributed by atoms with Crippen molar-refractivity contribution in [2.75, 3.05) is 26.7 Å². The molecule has 12 nitrogen and oxygen atoms in total. The molecule has 0 aromatic heterocycles. The number of likely N-dealkylation sites (N-methyl/N-ethyl adjacent to an activating group) is 2. The van der Waals surface area contributed by atoms with E-state index in [1.807, 2.05) is 19.1 Å². The molecular formula is C36H63N5O7. The van der Waals surface area contributed by atoms with Gasteiger partial charge >= 0.3 is 0 Å². The number of aliphatic imine (C=N–C) groups is 1. The van der Waals surface area contributed by atoms with Crippen LogP contribution in [-0.4, -0.2) is 115 Å². The fourth-order valence-corrected chi connectivity index (χ4v) is 6.47. The second kappa shape index (κ2) is 19.4.